The Morgan fingerprint density at radius 1 is 0.538 bits per heavy atom. The highest BCUT2D eigenvalue weighted by atomic mass is 32.1. The van der Waals surface area contributed by atoms with Gasteiger partial charge in [0, 0.05) is 88.8 Å². The number of pyridine rings is 1. The summed E-state index contributed by atoms with van der Waals surface area (Å²) in [6.07, 6.45) is 12.2. The number of rotatable bonds is 32. The Hall–Kier alpha value is -6.68. The van der Waals surface area contributed by atoms with Crippen LogP contribution >= 0.6 is 34.0 Å². The molecule has 3 N–H and O–H groups in total. The van der Waals surface area contributed by atoms with E-state index in [0.29, 0.717) is 81.7 Å². The number of nitrogens with zero attached hydrogens (tertiary/aromatic N) is 5. The second-order valence-electron chi connectivity index (χ2n) is 32.3. The number of ether oxygens (including phenoxy) is 1. The zero-order valence-electron chi connectivity index (χ0n) is 69.9. The molecule has 7 rings (SSSR count). The fourth-order valence-corrected chi connectivity index (χ4v) is 12.9. The van der Waals surface area contributed by atoms with E-state index in [1.807, 2.05) is 136 Å². The Morgan fingerprint density at radius 3 is 1.56 bits per heavy atom. The molecule has 0 spiro atoms. The first kappa shape index (κ1) is 97.3. The molecule has 18 nitrogen and oxygen atoms in total. The van der Waals surface area contributed by atoms with Crippen molar-refractivity contribution in [3.05, 3.63) is 119 Å². The van der Waals surface area contributed by atoms with Crippen LogP contribution in [0.15, 0.2) is 74.9 Å². The van der Waals surface area contributed by atoms with E-state index >= 15 is 0 Å². The van der Waals surface area contributed by atoms with Gasteiger partial charge in [0.1, 0.15) is 33.0 Å². The molecule has 0 radical (unpaired) electrons. The van der Waals surface area contributed by atoms with Crippen LogP contribution in [0.3, 0.4) is 0 Å². The second kappa shape index (κ2) is 50.9. The van der Waals surface area contributed by atoms with E-state index in [1.165, 1.54) is 51.7 Å². The van der Waals surface area contributed by atoms with Gasteiger partial charge in [-0.2, -0.15) is 0 Å². The Balaban J connectivity index is 0.000000619. The number of hydrogen-bond acceptors (Lipinski definition) is 20. The Labute approximate surface area is 649 Å². The van der Waals surface area contributed by atoms with E-state index in [1.54, 1.807) is 35.9 Å². The highest BCUT2D eigenvalue weighted by molar-refractivity contribution is 7.17. The number of nitrogens with one attached hydrogen (secondary N) is 3. The molecule has 594 valence electrons. The average molecular weight is 1530 g/mol. The highest BCUT2D eigenvalue weighted by Crippen LogP contribution is 2.31. The fourth-order valence-electron chi connectivity index (χ4n) is 10.1. The minimum absolute atomic E-state index is 0.0213. The molecule has 106 heavy (non-hydrogen) atoms. The number of aromatic nitrogens is 5. The monoisotopic (exact) mass is 1520 g/mol. The molecule has 1 aliphatic rings. The van der Waals surface area contributed by atoms with Crippen molar-refractivity contribution in [1.82, 2.24) is 30.0 Å². The summed E-state index contributed by atoms with van der Waals surface area (Å²) in [6, 6.07) is 14.6. The normalized spacial score (nSPS) is 13.4. The van der Waals surface area contributed by atoms with Gasteiger partial charge in [-0.15, -0.1) is 22.7 Å². The minimum Gasteiger partial charge on any atom is -0.473 e. The van der Waals surface area contributed by atoms with Gasteiger partial charge in [0.2, 0.25) is 11.5 Å². The van der Waals surface area contributed by atoms with E-state index < -0.39 is 0 Å². The van der Waals surface area contributed by atoms with Crippen LogP contribution in [0, 0.1) is 71.0 Å². The van der Waals surface area contributed by atoms with Crippen LogP contribution in [-0.4, -0.2) is 95.9 Å². The van der Waals surface area contributed by atoms with E-state index in [2.05, 4.69) is 129 Å². The molecule has 1 saturated carbocycles. The lowest BCUT2D eigenvalue weighted by atomic mass is 9.78. The van der Waals surface area contributed by atoms with Gasteiger partial charge in [-0.1, -0.05) is 188 Å². The summed E-state index contributed by atoms with van der Waals surface area (Å²) >= 11 is 4.50. The van der Waals surface area contributed by atoms with Gasteiger partial charge >= 0.3 is 0 Å². The molecule has 0 amide bonds. The molecule has 1 fully saturated rings. The fraction of sp³-hybridized carbons (Fsp3) is 0.647. The maximum Gasteiger partial charge on any atom is 0.274 e. The number of benzene rings is 1. The molecule has 0 bridgehead atoms. The van der Waals surface area contributed by atoms with Gasteiger partial charge in [0.05, 0.1) is 42.7 Å². The quantitative estimate of drug-likeness (QED) is 0.0332. The molecule has 0 unspecified atom stereocenters. The molecule has 0 saturated heterocycles. The molecule has 5 heterocycles. The predicted molar refractivity (Wildman–Crippen MR) is 442 cm³/mol. The Morgan fingerprint density at radius 2 is 1.06 bits per heavy atom. The van der Waals surface area contributed by atoms with Gasteiger partial charge in [-0.05, 0) is 145 Å². The molecule has 5 aromatic heterocycles. The zero-order valence-corrected chi connectivity index (χ0v) is 72.4. The lowest BCUT2D eigenvalue weighted by molar-refractivity contribution is -0.127. The standard InChI is InChI=1S/C15H22O.C14H27NO.C13H20N2O2.C12H19NOS.C11H17NOS.C10H16N2OS.C10H15NO3/c1-11(2)8-13-6-5-7-14(9-13)10-15(16)12(3)4;1-10(2)14(16)13-7-5-12(6-8-13)9-15-11(3)4;1-9(2)12(16)8-15-7-5-6-11(13(15)17)14-10(3)4;1-8(2)5-10-7-15-12(13-10)6-11(14)9(3)4;1-7(2)5-9-6-14-11(12-9)10(13)8(3)4;1-6(2)9(13)10-11-5-8(14-10)12-7(3)4;1-6(2)10(12)8-5-9(11-14-8)13-7(3)4/h5-7,9,11-12H,8,10H2,1-4H3;10-13,15H,5-9H2,1-4H3;5-7,9-10,14H,8H2,1-4H3;7-9H,5-6H2,1-4H3;6-8H,5H2,1-4H3;5-7,12H,1-4H3;5-7H,1-4H3. The first-order valence-corrected chi connectivity index (χ1v) is 41.2. The Bertz CT molecular complexity index is 3440. The molecule has 0 atom stereocenters. The zero-order chi connectivity index (χ0) is 80.8. The lowest BCUT2D eigenvalue weighted by Crippen LogP contribution is -2.33. The van der Waals surface area contributed by atoms with Crippen molar-refractivity contribution in [3.63, 3.8) is 0 Å². The highest BCUT2D eigenvalue weighted by Gasteiger charge is 2.28. The van der Waals surface area contributed by atoms with Crippen molar-refractivity contribution in [2.75, 3.05) is 17.2 Å². The summed E-state index contributed by atoms with van der Waals surface area (Å²) in [4.78, 5) is 106. The third-order valence-electron chi connectivity index (χ3n) is 16.1. The summed E-state index contributed by atoms with van der Waals surface area (Å²) in [5.41, 5.74) is 5.06. The van der Waals surface area contributed by atoms with Crippen LogP contribution in [0.25, 0.3) is 0 Å². The maximum atomic E-state index is 12.0. The SMILES string of the molecule is CC(C)Cc1cccc(CC(=O)C(C)C)c1.CC(C)Cc1csc(C(=O)C(C)C)n1.CC(C)Cc1csc(CC(=O)C(C)C)n1.CC(C)NCC1CCC(C(=O)C(C)C)CC1.CC(C)Nc1cccn(CC(=O)C(C)C)c1=O.CC(C)Nc1cnc(C(=O)C(C)C)s1.CC(C)Oc1cc(C(=O)C(C)C)on1. The maximum absolute atomic E-state index is 12.0. The van der Waals surface area contributed by atoms with E-state index in [9.17, 15) is 38.4 Å². The smallest absolute Gasteiger partial charge is 0.274 e. The van der Waals surface area contributed by atoms with Gasteiger partial charge in [-0.25, -0.2) is 15.0 Å². The molecule has 21 heteroatoms. The minimum atomic E-state index is -0.143. The summed E-state index contributed by atoms with van der Waals surface area (Å²) in [5, 5.41) is 20.7. The number of Topliss-reactive ketones (excluding diaryl/α,β-unsaturated/α-hetero) is 7. The van der Waals surface area contributed by atoms with Gasteiger partial charge in [0.15, 0.2) is 27.4 Å². The molecule has 1 aliphatic carbocycles. The second-order valence-corrected chi connectivity index (χ2v) is 35.1. The van der Waals surface area contributed by atoms with Crippen LogP contribution in [0.4, 0.5) is 10.7 Å². The van der Waals surface area contributed by atoms with Crippen LogP contribution in [0.2, 0.25) is 0 Å². The van der Waals surface area contributed by atoms with Crippen molar-refractivity contribution in [1.29, 1.82) is 0 Å². The predicted octanol–water partition coefficient (Wildman–Crippen LogP) is 20.0. The van der Waals surface area contributed by atoms with Crippen molar-refractivity contribution < 1.29 is 42.8 Å². The van der Waals surface area contributed by atoms with Gasteiger partial charge in [0.25, 0.3) is 11.4 Å². The van der Waals surface area contributed by atoms with E-state index in [-0.39, 0.29) is 100 Å². The molecular formula is C85H136N8O10S3. The summed E-state index contributed by atoms with van der Waals surface area (Å²) < 4.78 is 11.6. The number of ketones is 7. The first-order chi connectivity index (χ1) is 49.4. The molecule has 1 aromatic carbocycles. The van der Waals surface area contributed by atoms with Crippen LogP contribution in [-0.2, 0) is 57.8 Å². The van der Waals surface area contributed by atoms with Crippen LogP contribution < -0.4 is 26.2 Å². The largest absolute Gasteiger partial charge is 0.473 e. The number of anilines is 2. The van der Waals surface area contributed by atoms with E-state index in [0.717, 1.165) is 71.5 Å². The summed E-state index contributed by atoms with van der Waals surface area (Å²) in [7, 11) is 0. The number of hydrogen-bond donors (Lipinski definition) is 3. The van der Waals surface area contributed by atoms with Crippen molar-refractivity contribution in [2.24, 2.45) is 71.0 Å². The topological polar surface area (TPSA) is 252 Å². The first-order valence-electron chi connectivity index (χ1n) is 38.7. The van der Waals surface area contributed by atoms with E-state index in [4.69, 9.17) is 9.26 Å². The number of carbonyl (C=O) groups excluding carboxylic acids is 7. The average Bonchev–Trinajstić information content (AvgIpc) is 1.40. The van der Waals surface area contributed by atoms with Crippen LogP contribution in [0.5, 0.6) is 5.88 Å². The van der Waals surface area contributed by atoms with Gasteiger partial charge in [-0.3, -0.25) is 38.4 Å². The Kier molecular flexibility index (Phi) is 46.7. The number of carbonyl (C=O) groups is 7. The summed E-state index contributed by atoms with van der Waals surface area (Å²) in [5.74, 6) is 5.41. The van der Waals surface area contributed by atoms with Crippen molar-refractivity contribution in [3.8, 4) is 5.88 Å². The molecular weight excluding hydrogens is 1390 g/mol. The molecule has 0 aliphatic heterocycles. The third-order valence-corrected chi connectivity index (χ3v) is 18.8. The summed E-state index contributed by atoms with van der Waals surface area (Å²) in [6.45, 7) is 57.3. The van der Waals surface area contributed by atoms with Gasteiger partial charge < -0.3 is 29.8 Å². The van der Waals surface area contributed by atoms with Crippen molar-refractivity contribution >= 4 is 85.2 Å². The van der Waals surface area contributed by atoms with Crippen LogP contribution in [0.1, 0.15) is 277 Å². The number of thiazole rings is 3. The molecule has 6 aromatic rings. The lowest BCUT2D eigenvalue weighted by Gasteiger charge is -2.29. The third kappa shape index (κ3) is 41.0. The van der Waals surface area contributed by atoms with Crippen molar-refractivity contribution in [2.45, 2.75) is 282 Å².